The Balaban J connectivity index is 0.00000436. The highest BCUT2D eigenvalue weighted by Gasteiger charge is 2.11. The summed E-state index contributed by atoms with van der Waals surface area (Å²) in [6.07, 6.45) is 7.02. The molecule has 0 aromatic heterocycles. The van der Waals surface area contributed by atoms with Gasteiger partial charge in [-0.2, -0.15) is 0 Å². The number of carbonyl (C=O) groups excluding carboxylic acids is 3. The standard InChI is InChI=1S/C24H38N2O3.C2H6/c1-20(2)22(27)16-10-6-11-17-23(28)25(3)19-13-7-12-18-24(29)26(4)21-14-8-5-9-15-21;1-2/h5,8-9,14-15,20H,6-7,10-13,16-19H2,1-4H3;1-2H3. The quantitative estimate of drug-likeness (QED) is 0.345. The molecule has 0 radical (unpaired) electrons. The number of nitrogens with zero attached hydrogens (tertiary/aromatic N) is 2. The Morgan fingerprint density at radius 3 is 1.84 bits per heavy atom. The molecule has 0 bridgehead atoms. The smallest absolute Gasteiger partial charge is 0.226 e. The Morgan fingerprint density at radius 1 is 0.742 bits per heavy atom. The maximum atomic E-state index is 12.2. The van der Waals surface area contributed by atoms with Gasteiger partial charge in [0.2, 0.25) is 11.8 Å². The molecule has 1 aromatic rings. The van der Waals surface area contributed by atoms with Crippen molar-refractivity contribution in [3.63, 3.8) is 0 Å². The van der Waals surface area contributed by atoms with E-state index in [2.05, 4.69) is 0 Å². The van der Waals surface area contributed by atoms with Crippen molar-refractivity contribution >= 4 is 23.3 Å². The van der Waals surface area contributed by atoms with E-state index in [4.69, 9.17) is 0 Å². The van der Waals surface area contributed by atoms with Crippen LogP contribution in [-0.4, -0.2) is 43.1 Å². The number of carbonyl (C=O) groups is 3. The molecule has 0 heterocycles. The average Bonchev–Trinajstić information content (AvgIpc) is 2.79. The van der Waals surface area contributed by atoms with Crippen LogP contribution in [0.1, 0.15) is 85.5 Å². The van der Waals surface area contributed by atoms with Crippen LogP contribution < -0.4 is 4.90 Å². The zero-order valence-electron chi connectivity index (χ0n) is 20.7. The molecule has 0 aliphatic heterocycles. The van der Waals surface area contributed by atoms with Gasteiger partial charge in [0.05, 0.1) is 0 Å². The first-order valence-electron chi connectivity index (χ1n) is 11.9. The molecule has 176 valence electrons. The molecule has 0 saturated heterocycles. The summed E-state index contributed by atoms with van der Waals surface area (Å²) in [6.45, 7) is 8.59. The molecule has 0 aliphatic rings. The van der Waals surface area contributed by atoms with Crippen LogP contribution in [0.2, 0.25) is 0 Å². The first-order valence-corrected chi connectivity index (χ1v) is 11.9. The summed E-state index contributed by atoms with van der Waals surface area (Å²) in [5.41, 5.74) is 0.913. The number of unbranched alkanes of at least 4 members (excludes halogenated alkanes) is 4. The maximum absolute atomic E-state index is 12.2. The van der Waals surface area contributed by atoms with E-state index in [1.165, 1.54) is 0 Å². The van der Waals surface area contributed by atoms with E-state index in [0.717, 1.165) is 50.8 Å². The number of para-hydroxylation sites is 1. The van der Waals surface area contributed by atoms with Crippen LogP contribution in [0.25, 0.3) is 0 Å². The molecule has 5 nitrogen and oxygen atoms in total. The van der Waals surface area contributed by atoms with Gasteiger partial charge in [0, 0.05) is 51.5 Å². The number of benzene rings is 1. The SMILES string of the molecule is CC.CC(C)C(=O)CCCCCC(=O)N(C)CCCCCC(=O)N(C)c1ccccc1. The normalized spacial score (nSPS) is 10.3. The number of ketones is 1. The van der Waals surface area contributed by atoms with Gasteiger partial charge in [-0.15, -0.1) is 0 Å². The van der Waals surface area contributed by atoms with Crippen molar-refractivity contribution in [1.82, 2.24) is 4.90 Å². The third-order valence-electron chi connectivity index (χ3n) is 5.29. The summed E-state index contributed by atoms with van der Waals surface area (Å²) < 4.78 is 0. The summed E-state index contributed by atoms with van der Waals surface area (Å²) in [5, 5.41) is 0. The van der Waals surface area contributed by atoms with Crippen LogP contribution in [0, 0.1) is 5.92 Å². The van der Waals surface area contributed by atoms with Crippen LogP contribution >= 0.6 is 0 Å². The highest BCUT2D eigenvalue weighted by molar-refractivity contribution is 5.92. The molecule has 0 spiro atoms. The van der Waals surface area contributed by atoms with Crippen LogP contribution in [0.3, 0.4) is 0 Å². The fourth-order valence-electron chi connectivity index (χ4n) is 3.12. The second-order valence-corrected chi connectivity index (χ2v) is 8.10. The lowest BCUT2D eigenvalue weighted by Crippen LogP contribution is -2.27. The van der Waals surface area contributed by atoms with Crippen molar-refractivity contribution in [2.24, 2.45) is 5.92 Å². The Hall–Kier alpha value is -2.17. The van der Waals surface area contributed by atoms with E-state index in [1.54, 1.807) is 9.80 Å². The fourth-order valence-corrected chi connectivity index (χ4v) is 3.12. The van der Waals surface area contributed by atoms with Crippen molar-refractivity contribution in [1.29, 1.82) is 0 Å². The lowest BCUT2D eigenvalue weighted by Gasteiger charge is -2.18. The van der Waals surface area contributed by atoms with Gasteiger partial charge in [0.25, 0.3) is 0 Å². The van der Waals surface area contributed by atoms with E-state index < -0.39 is 0 Å². The number of hydrogen-bond acceptors (Lipinski definition) is 3. The lowest BCUT2D eigenvalue weighted by atomic mass is 10.0. The van der Waals surface area contributed by atoms with Gasteiger partial charge in [0.15, 0.2) is 0 Å². The summed E-state index contributed by atoms with van der Waals surface area (Å²) in [5.74, 6) is 0.704. The predicted molar refractivity (Wildman–Crippen MR) is 130 cm³/mol. The Labute approximate surface area is 190 Å². The highest BCUT2D eigenvalue weighted by atomic mass is 16.2. The molecule has 1 rings (SSSR count). The summed E-state index contributed by atoms with van der Waals surface area (Å²) in [6, 6.07) is 9.66. The van der Waals surface area contributed by atoms with E-state index in [1.807, 2.05) is 72.1 Å². The molecule has 31 heavy (non-hydrogen) atoms. The fraction of sp³-hybridized carbons (Fsp3) is 0.654. The van der Waals surface area contributed by atoms with E-state index >= 15 is 0 Å². The Morgan fingerprint density at radius 2 is 1.26 bits per heavy atom. The van der Waals surface area contributed by atoms with Crippen molar-refractivity contribution in [2.45, 2.75) is 85.5 Å². The van der Waals surface area contributed by atoms with Crippen LogP contribution in [-0.2, 0) is 14.4 Å². The van der Waals surface area contributed by atoms with Crippen LogP contribution in [0.5, 0.6) is 0 Å². The molecular formula is C26H44N2O3. The second-order valence-electron chi connectivity index (χ2n) is 8.10. The topological polar surface area (TPSA) is 57.7 Å². The minimum Gasteiger partial charge on any atom is -0.346 e. The summed E-state index contributed by atoms with van der Waals surface area (Å²) >= 11 is 0. The number of amides is 2. The molecule has 0 saturated carbocycles. The van der Waals surface area contributed by atoms with Gasteiger partial charge in [-0.05, 0) is 37.8 Å². The molecule has 1 aromatic carbocycles. The minimum atomic E-state index is 0.108. The third-order valence-corrected chi connectivity index (χ3v) is 5.29. The number of Topliss-reactive ketones (excluding diaryl/α,β-unsaturated/α-hetero) is 1. The third kappa shape index (κ3) is 13.0. The van der Waals surface area contributed by atoms with Crippen molar-refractivity contribution in [3.05, 3.63) is 30.3 Å². The molecule has 2 amide bonds. The number of rotatable bonds is 14. The van der Waals surface area contributed by atoms with Gasteiger partial charge in [-0.1, -0.05) is 58.7 Å². The van der Waals surface area contributed by atoms with Crippen LogP contribution in [0.4, 0.5) is 5.69 Å². The maximum Gasteiger partial charge on any atom is 0.226 e. The van der Waals surface area contributed by atoms with E-state index in [-0.39, 0.29) is 17.7 Å². The summed E-state index contributed by atoms with van der Waals surface area (Å²) in [4.78, 5) is 39.5. The lowest BCUT2D eigenvalue weighted by molar-refractivity contribution is -0.130. The molecule has 0 aliphatic carbocycles. The van der Waals surface area contributed by atoms with Crippen molar-refractivity contribution < 1.29 is 14.4 Å². The van der Waals surface area contributed by atoms with Gasteiger partial charge in [-0.25, -0.2) is 0 Å². The predicted octanol–water partition coefficient (Wildman–Crippen LogP) is 5.87. The van der Waals surface area contributed by atoms with E-state index in [9.17, 15) is 14.4 Å². The van der Waals surface area contributed by atoms with Crippen molar-refractivity contribution in [2.75, 3.05) is 25.5 Å². The molecule has 0 atom stereocenters. The first kappa shape index (κ1) is 28.8. The highest BCUT2D eigenvalue weighted by Crippen LogP contribution is 2.14. The largest absolute Gasteiger partial charge is 0.346 e. The van der Waals surface area contributed by atoms with Crippen molar-refractivity contribution in [3.8, 4) is 0 Å². The average molecular weight is 433 g/mol. The zero-order chi connectivity index (χ0) is 23.6. The molecular weight excluding hydrogens is 388 g/mol. The molecule has 0 unspecified atom stereocenters. The Bertz CT molecular complexity index is 629. The first-order chi connectivity index (χ1) is 14.8. The second kappa shape index (κ2) is 17.5. The molecule has 5 heteroatoms. The molecule has 0 fully saturated rings. The Kier molecular flexibility index (Phi) is 16.3. The monoisotopic (exact) mass is 432 g/mol. The molecule has 0 N–H and O–H groups in total. The van der Waals surface area contributed by atoms with Gasteiger partial charge >= 0.3 is 0 Å². The van der Waals surface area contributed by atoms with Gasteiger partial charge in [-0.3, -0.25) is 14.4 Å². The number of anilines is 1. The van der Waals surface area contributed by atoms with Crippen LogP contribution in [0.15, 0.2) is 30.3 Å². The number of hydrogen-bond donors (Lipinski definition) is 0. The summed E-state index contributed by atoms with van der Waals surface area (Å²) in [7, 11) is 3.65. The minimum absolute atomic E-state index is 0.108. The van der Waals surface area contributed by atoms with Gasteiger partial charge in [0.1, 0.15) is 5.78 Å². The van der Waals surface area contributed by atoms with Gasteiger partial charge < -0.3 is 9.80 Å². The zero-order valence-corrected chi connectivity index (χ0v) is 20.7. The van der Waals surface area contributed by atoms with E-state index in [0.29, 0.717) is 25.0 Å².